The van der Waals surface area contributed by atoms with Crippen LogP contribution in [0.4, 0.5) is 0 Å². The Hall–Kier alpha value is -1.40. The number of ether oxygens (including phenoxy) is 1. The molecule has 0 spiro atoms. The van der Waals surface area contributed by atoms with Crippen molar-refractivity contribution in [3.63, 3.8) is 0 Å². The van der Waals surface area contributed by atoms with E-state index in [2.05, 4.69) is 38.2 Å². The number of hydrogen-bond donors (Lipinski definition) is 3. The van der Waals surface area contributed by atoms with E-state index >= 15 is 0 Å². The topological polar surface area (TPSA) is 95.9 Å². The Balaban J connectivity index is 4.57. The zero-order valence-electron chi connectivity index (χ0n) is 38.5. The molecule has 0 bridgehead atoms. The van der Waals surface area contributed by atoms with Gasteiger partial charge in [-0.05, 0) is 51.4 Å². The molecule has 0 saturated carbocycles. The highest BCUT2D eigenvalue weighted by Gasteiger charge is 2.24. The van der Waals surface area contributed by atoms with Gasteiger partial charge in [-0.3, -0.25) is 9.59 Å². The standard InChI is InChI=1S/C51H99NO5/c1-4-7-10-13-16-19-22-24-25-26-27-28-30-33-36-39-42-47(57-51(56)44-41-38-35-32-29-23-20-17-14-11-8-5-2)45-50(55)52-48(46-53)49(54)43-40-37-34-31-21-18-15-12-9-6-3/h27-28,47-49,53-54H,4-26,29-46H2,1-3H3,(H,52,55)/b28-27+. The molecule has 0 fully saturated rings. The predicted molar refractivity (Wildman–Crippen MR) is 246 cm³/mol. The van der Waals surface area contributed by atoms with Gasteiger partial charge in [0.1, 0.15) is 6.10 Å². The summed E-state index contributed by atoms with van der Waals surface area (Å²) in [5, 5.41) is 23.7. The van der Waals surface area contributed by atoms with Gasteiger partial charge in [-0.1, -0.05) is 226 Å². The van der Waals surface area contributed by atoms with Crippen LogP contribution >= 0.6 is 0 Å². The van der Waals surface area contributed by atoms with Crippen LogP contribution in [0.3, 0.4) is 0 Å². The van der Waals surface area contributed by atoms with Gasteiger partial charge in [0.2, 0.25) is 5.91 Å². The first-order chi connectivity index (χ1) is 28.0. The number of allylic oxidation sites excluding steroid dienone is 2. The molecule has 1 amide bonds. The first-order valence-corrected chi connectivity index (χ1v) is 25.4. The van der Waals surface area contributed by atoms with Crippen molar-refractivity contribution in [2.24, 2.45) is 0 Å². The molecule has 0 aromatic rings. The van der Waals surface area contributed by atoms with Crippen LogP contribution in [0.1, 0.15) is 278 Å². The van der Waals surface area contributed by atoms with Crippen molar-refractivity contribution in [1.29, 1.82) is 0 Å². The van der Waals surface area contributed by atoms with Crippen molar-refractivity contribution < 1.29 is 24.5 Å². The van der Waals surface area contributed by atoms with Crippen LogP contribution in [0.2, 0.25) is 0 Å². The van der Waals surface area contributed by atoms with Gasteiger partial charge in [0.25, 0.3) is 0 Å². The second kappa shape index (κ2) is 45.7. The lowest BCUT2D eigenvalue weighted by molar-refractivity contribution is -0.151. The minimum absolute atomic E-state index is 0.0737. The smallest absolute Gasteiger partial charge is 0.306 e. The first kappa shape index (κ1) is 55.6. The number of nitrogens with one attached hydrogen (secondary N) is 1. The number of carbonyl (C=O) groups is 2. The van der Waals surface area contributed by atoms with E-state index in [4.69, 9.17) is 4.74 Å². The van der Waals surface area contributed by atoms with Crippen molar-refractivity contribution >= 4 is 11.9 Å². The fraction of sp³-hybridized carbons (Fsp3) is 0.922. The highest BCUT2D eigenvalue weighted by molar-refractivity contribution is 5.77. The van der Waals surface area contributed by atoms with Crippen LogP contribution in [0.5, 0.6) is 0 Å². The Labute approximate surface area is 355 Å². The number of amides is 1. The molecule has 0 aromatic carbocycles. The normalized spacial score (nSPS) is 13.3. The summed E-state index contributed by atoms with van der Waals surface area (Å²) in [6.45, 7) is 6.48. The number of hydrogen-bond acceptors (Lipinski definition) is 5. The number of carbonyl (C=O) groups excluding carboxylic acids is 2. The minimum Gasteiger partial charge on any atom is -0.462 e. The molecule has 3 N–H and O–H groups in total. The number of rotatable bonds is 46. The van der Waals surface area contributed by atoms with E-state index in [1.807, 2.05) is 0 Å². The zero-order chi connectivity index (χ0) is 41.7. The Bertz CT molecular complexity index is 863. The quantitative estimate of drug-likeness (QED) is 0.0323. The van der Waals surface area contributed by atoms with Gasteiger partial charge in [0.15, 0.2) is 0 Å². The lowest BCUT2D eigenvalue weighted by Crippen LogP contribution is -2.46. The fourth-order valence-corrected chi connectivity index (χ4v) is 7.96. The Morgan fingerprint density at radius 2 is 0.842 bits per heavy atom. The second-order valence-corrected chi connectivity index (χ2v) is 17.6. The van der Waals surface area contributed by atoms with Gasteiger partial charge in [-0.15, -0.1) is 0 Å². The molecule has 0 aliphatic carbocycles. The zero-order valence-corrected chi connectivity index (χ0v) is 38.5. The molecule has 0 rings (SSSR count). The summed E-state index contributed by atoms with van der Waals surface area (Å²) in [6.07, 6.45) is 49.9. The van der Waals surface area contributed by atoms with Crippen molar-refractivity contribution in [2.75, 3.05) is 6.61 Å². The summed E-state index contributed by atoms with van der Waals surface area (Å²) >= 11 is 0. The molecule has 0 aromatic heterocycles. The molecule has 0 heterocycles. The van der Waals surface area contributed by atoms with Gasteiger partial charge < -0.3 is 20.3 Å². The van der Waals surface area contributed by atoms with Gasteiger partial charge >= 0.3 is 5.97 Å². The van der Waals surface area contributed by atoms with E-state index < -0.39 is 18.2 Å². The second-order valence-electron chi connectivity index (χ2n) is 17.6. The maximum atomic E-state index is 13.2. The fourth-order valence-electron chi connectivity index (χ4n) is 7.96. The predicted octanol–water partition coefficient (Wildman–Crippen LogP) is 15.0. The number of aliphatic hydroxyl groups is 2. The van der Waals surface area contributed by atoms with E-state index in [1.54, 1.807) is 0 Å². The van der Waals surface area contributed by atoms with Crippen LogP contribution in [0.25, 0.3) is 0 Å². The molecule has 338 valence electrons. The van der Waals surface area contributed by atoms with Gasteiger partial charge in [0, 0.05) is 6.42 Å². The molecule has 3 unspecified atom stereocenters. The van der Waals surface area contributed by atoms with Gasteiger partial charge in [-0.2, -0.15) is 0 Å². The number of unbranched alkanes of at least 4 members (excludes halogenated alkanes) is 32. The third-order valence-corrected chi connectivity index (χ3v) is 11.8. The monoisotopic (exact) mass is 806 g/mol. The van der Waals surface area contributed by atoms with Crippen LogP contribution in [-0.4, -0.2) is 46.9 Å². The molecule has 0 radical (unpaired) electrons. The molecule has 6 heteroatoms. The first-order valence-electron chi connectivity index (χ1n) is 25.4. The number of aliphatic hydroxyl groups excluding tert-OH is 2. The largest absolute Gasteiger partial charge is 0.462 e. The van der Waals surface area contributed by atoms with Gasteiger partial charge in [0.05, 0.1) is 25.2 Å². The van der Waals surface area contributed by atoms with Crippen LogP contribution in [-0.2, 0) is 14.3 Å². The minimum atomic E-state index is -0.784. The highest BCUT2D eigenvalue weighted by atomic mass is 16.5. The molecule has 0 aliphatic heterocycles. The van der Waals surface area contributed by atoms with E-state index in [1.165, 1.54) is 173 Å². The summed E-state index contributed by atoms with van der Waals surface area (Å²) in [6, 6.07) is -0.698. The molecule has 6 nitrogen and oxygen atoms in total. The summed E-state index contributed by atoms with van der Waals surface area (Å²) in [5.74, 6) is -0.474. The SMILES string of the molecule is CCCCCCCCCCC/C=C/CCCCCC(CC(=O)NC(CO)C(O)CCCCCCCCCCCC)OC(=O)CCCCCCCCCCCCCC. The Morgan fingerprint density at radius 1 is 0.491 bits per heavy atom. The molecular formula is C51H99NO5. The summed E-state index contributed by atoms with van der Waals surface area (Å²) in [4.78, 5) is 26.1. The van der Waals surface area contributed by atoms with Crippen molar-refractivity contribution in [1.82, 2.24) is 5.32 Å². The maximum absolute atomic E-state index is 13.2. The Morgan fingerprint density at radius 3 is 1.26 bits per heavy atom. The van der Waals surface area contributed by atoms with Crippen molar-refractivity contribution in [3.05, 3.63) is 12.2 Å². The lowest BCUT2D eigenvalue weighted by Gasteiger charge is -2.24. The third kappa shape index (κ3) is 41.1. The lowest BCUT2D eigenvalue weighted by atomic mass is 10.0. The average molecular weight is 806 g/mol. The maximum Gasteiger partial charge on any atom is 0.306 e. The Kier molecular flexibility index (Phi) is 44.6. The van der Waals surface area contributed by atoms with Gasteiger partial charge in [-0.25, -0.2) is 0 Å². The van der Waals surface area contributed by atoms with E-state index in [0.29, 0.717) is 19.3 Å². The molecule has 0 aliphatic rings. The van der Waals surface area contributed by atoms with Crippen LogP contribution in [0.15, 0.2) is 12.2 Å². The summed E-state index contributed by atoms with van der Waals surface area (Å²) < 4.78 is 5.92. The van der Waals surface area contributed by atoms with E-state index in [-0.39, 0.29) is 24.9 Å². The van der Waals surface area contributed by atoms with Crippen LogP contribution in [0, 0.1) is 0 Å². The highest BCUT2D eigenvalue weighted by Crippen LogP contribution is 2.18. The molecule has 0 saturated heterocycles. The summed E-state index contributed by atoms with van der Waals surface area (Å²) in [7, 11) is 0. The van der Waals surface area contributed by atoms with Crippen LogP contribution < -0.4 is 5.32 Å². The van der Waals surface area contributed by atoms with Crippen molar-refractivity contribution in [3.8, 4) is 0 Å². The van der Waals surface area contributed by atoms with Crippen molar-refractivity contribution in [2.45, 2.75) is 296 Å². The molecule has 57 heavy (non-hydrogen) atoms. The average Bonchev–Trinajstić information content (AvgIpc) is 3.20. The molecular weight excluding hydrogens is 707 g/mol. The number of esters is 1. The van der Waals surface area contributed by atoms with E-state index in [9.17, 15) is 19.8 Å². The van der Waals surface area contributed by atoms with E-state index in [0.717, 1.165) is 57.8 Å². The third-order valence-electron chi connectivity index (χ3n) is 11.8. The summed E-state index contributed by atoms with van der Waals surface area (Å²) in [5.41, 5.74) is 0. The molecule has 3 atom stereocenters.